The van der Waals surface area contributed by atoms with Gasteiger partial charge in [-0.3, -0.25) is 0 Å². The minimum Gasteiger partial charge on any atom is -0.366 e. The molecule has 0 amide bonds. The van der Waals surface area contributed by atoms with Crippen LogP contribution in [-0.2, 0) is 0 Å². The second-order valence-electron chi connectivity index (χ2n) is 6.83. The van der Waals surface area contributed by atoms with E-state index in [1.807, 2.05) is 19.1 Å². The summed E-state index contributed by atoms with van der Waals surface area (Å²) in [6, 6.07) is 9.06. The van der Waals surface area contributed by atoms with Crippen molar-refractivity contribution in [1.82, 2.24) is 9.97 Å². The van der Waals surface area contributed by atoms with Crippen LogP contribution in [0.4, 0.5) is 21.7 Å². The summed E-state index contributed by atoms with van der Waals surface area (Å²) in [6.07, 6.45) is 2.31. The van der Waals surface area contributed by atoms with Gasteiger partial charge in [0.25, 0.3) is 0 Å². The fraction of sp³-hybridized carbons (Fsp3) is 0.500. The lowest BCUT2D eigenvalue weighted by molar-refractivity contribution is 0.595. The van der Waals surface area contributed by atoms with Gasteiger partial charge in [0, 0.05) is 45.8 Å². The van der Waals surface area contributed by atoms with Crippen molar-refractivity contribution in [2.45, 2.75) is 26.7 Å². The number of piperazine rings is 1. The Kier molecular flexibility index (Phi) is 5.91. The summed E-state index contributed by atoms with van der Waals surface area (Å²) in [5.74, 6) is 2.57. The van der Waals surface area contributed by atoms with Crippen LogP contribution in [0.2, 0.25) is 0 Å². The molecule has 1 aliphatic rings. The van der Waals surface area contributed by atoms with E-state index >= 15 is 0 Å². The topological polar surface area (TPSA) is 35.5 Å². The standard InChI is InChI=1S/C20H28FN5/c1-4-5-10-24(3)19-15-20(23-16(2)22-19)26-13-11-25(12-14-26)18-9-7-6-8-17(18)21/h6-9,15H,4-5,10-14H2,1-3H3. The normalized spacial score (nSPS) is 14.6. The lowest BCUT2D eigenvalue weighted by Crippen LogP contribution is -2.47. The molecule has 0 spiro atoms. The zero-order valence-electron chi connectivity index (χ0n) is 16.0. The molecule has 0 saturated carbocycles. The quantitative estimate of drug-likeness (QED) is 0.791. The first-order chi connectivity index (χ1) is 12.6. The molecule has 2 aromatic rings. The second-order valence-corrected chi connectivity index (χ2v) is 6.83. The van der Waals surface area contributed by atoms with Gasteiger partial charge in [-0.25, -0.2) is 14.4 Å². The number of unbranched alkanes of at least 4 members (excludes halogenated alkanes) is 1. The van der Waals surface area contributed by atoms with Gasteiger partial charge >= 0.3 is 0 Å². The largest absolute Gasteiger partial charge is 0.366 e. The van der Waals surface area contributed by atoms with Crippen LogP contribution in [0.5, 0.6) is 0 Å². The Morgan fingerprint density at radius 1 is 1.08 bits per heavy atom. The fourth-order valence-electron chi connectivity index (χ4n) is 3.29. The van der Waals surface area contributed by atoms with Gasteiger partial charge in [-0.1, -0.05) is 25.5 Å². The molecule has 0 radical (unpaired) electrons. The predicted octanol–water partition coefficient (Wildman–Crippen LogP) is 3.49. The number of nitrogens with zero attached hydrogens (tertiary/aromatic N) is 5. The molecule has 1 fully saturated rings. The maximum Gasteiger partial charge on any atom is 0.146 e. The molecular weight excluding hydrogens is 329 g/mol. The summed E-state index contributed by atoms with van der Waals surface area (Å²) >= 11 is 0. The highest BCUT2D eigenvalue weighted by molar-refractivity contribution is 5.53. The van der Waals surface area contributed by atoms with E-state index in [0.29, 0.717) is 5.69 Å². The highest BCUT2D eigenvalue weighted by atomic mass is 19.1. The van der Waals surface area contributed by atoms with Crippen molar-refractivity contribution in [2.24, 2.45) is 0 Å². The van der Waals surface area contributed by atoms with E-state index in [9.17, 15) is 4.39 Å². The lowest BCUT2D eigenvalue weighted by Gasteiger charge is -2.37. The van der Waals surface area contributed by atoms with Gasteiger partial charge in [-0.15, -0.1) is 0 Å². The van der Waals surface area contributed by atoms with Crippen molar-refractivity contribution < 1.29 is 4.39 Å². The molecular formula is C20H28FN5. The molecule has 0 aliphatic carbocycles. The zero-order valence-corrected chi connectivity index (χ0v) is 16.0. The number of rotatable bonds is 6. The molecule has 0 unspecified atom stereocenters. The highest BCUT2D eigenvalue weighted by Gasteiger charge is 2.21. The van der Waals surface area contributed by atoms with Crippen molar-refractivity contribution in [1.29, 1.82) is 0 Å². The van der Waals surface area contributed by atoms with E-state index in [1.165, 1.54) is 12.5 Å². The molecule has 1 aromatic heterocycles. The molecule has 0 N–H and O–H groups in total. The maximum absolute atomic E-state index is 14.0. The van der Waals surface area contributed by atoms with E-state index in [1.54, 1.807) is 6.07 Å². The highest BCUT2D eigenvalue weighted by Crippen LogP contribution is 2.24. The molecule has 0 atom stereocenters. The van der Waals surface area contributed by atoms with E-state index in [0.717, 1.165) is 56.6 Å². The van der Waals surface area contributed by atoms with E-state index in [4.69, 9.17) is 0 Å². The van der Waals surface area contributed by atoms with Crippen LogP contribution in [0, 0.1) is 12.7 Å². The van der Waals surface area contributed by atoms with Crippen molar-refractivity contribution in [3.63, 3.8) is 0 Å². The number of anilines is 3. The monoisotopic (exact) mass is 357 g/mol. The van der Waals surface area contributed by atoms with Crippen LogP contribution in [-0.4, -0.2) is 49.7 Å². The third kappa shape index (κ3) is 4.23. The third-order valence-electron chi connectivity index (χ3n) is 4.85. The van der Waals surface area contributed by atoms with Crippen molar-refractivity contribution >= 4 is 17.3 Å². The van der Waals surface area contributed by atoms with Gasteiger partial charge in [-0.05, 0) is 25.5 Å². The smallest absolute Gasteiger partial charge is 0.146 e. The lowest BCUT2D eigenvalue weighted by atomic mass is 10.2. The van der Waals surface area contributed by atoms with E-state index in [-0.39, 0.29) is 5.82 Å². The molecule has 5 nitrogen and oxygen atoms in total. The number of hydrogen-bond acceptors (Lipinski definition) is 5. The van der Waals surface area contributed by atoms with E-state index < -0.39 is 0 Å². The van der Waals surface area contributed by atoms with Crippen LogP contribution in [0.3, 0.4) is 0 Å². The van der Waals surface area contributed by atoms with Crippen LogP contribution in [0.25, 0.3) is 0 Å². The van der Waals surface area contributed by atoms with Crippen molar-refractivity contribution in [2.75, 3.05) is 54.5 Å². The van der Waals surface area contributed by atoms with Crippen molar-refractivity contribution in [3.05, 3.63) is 42.0 Å². The first kappa shape index (κ1) is 18.4. The number of para-hydroxylation sites is 1. The van der Waals surface area contributed by atoms with Gasteiger partial charge in [-0.2, -0.15) is 0 Å². The van der Waals surface area contributed by atoms with Gasteiger partial charge < -0.3 is 14.7 Å². The molecule has 0 bridgehead atoms. The van der Waals surface area contributed by atoms with Crippen LogP contribution in [0.15, 0.2) is 30.3 Å². The molecule has 1 aromatic carbocycles. The Labute approximate surface area is 155 Å². The predicted molar refractivity (Wildman–Crippen MR) is 106 cm³/mol. The summed E-state index contributed by atoms with van der Waals surface area (Å²) in [5, 5.41) is 0. The summed E-state index contributed by atoms with van der Waals surface area (Å²) in [5.41, 5.74) is 0.686. The first-order valence-electron chi connectivity index (χ1n) is 9.39. The third-order valence-corrected chi connectivity index (χ3v) is 4.85. The van der Waals surface area contributed by atoms with Gasteiger partial charge in [0.2, 0.25) is 0 Å². The molecule has 140 valence electrons. The van der Waals surface area contributed by atoms with Gasteiger partial charge in [0.1, 0.15) is 23.3 Å². The van der Waals surface area contributed by atoms with Gasteiger partial charge in [0.05, 0.1) is 5.69 Å². The Morgan fingerprint density at radius 3 is 2.46 bits per heavy atom. The SMILES string of the molecule is CCCCN(C)c1cc(N2CCN(c3ccccc3F)CC2)nc(C)n1. The molecule has 1 aliphatic heterocycles. The van der Waals surface area contributed by atoms with E-state index in [2.05, 4.69) is 44.7 Å². The Bertz CT molecular complexity index is 728. The fourth-order valence-corrected chi connectivity index (χ4v) is 3.29. The van der Waals surface area contributed by atoms with Crippen LogP contribution >= 0.6 is 0 Å². The Balaban J connectivity index is 1.69. The molecule has 6 heteroatoms. The summed E-state index contributed by atoms with van der Waals surface area (Å²) in [4.78, 5) is 15.8. The minimum atomic E-state index is -0.154. The number of aromatic nitrogens is 2. The van der Waals surface area contributed by atoms with Crippen LogP contribution in [0.1, 0.15) is 25.6 Å². The summed E-state index contributed by atoms with van der Waals surface area (Å²) in [6.45, 7) is 8.34. The molecule has 2 heterocycles. The second kappa shape index (κ2) is 8.34. The molecule has 26 heavy (non-hydrogen) atoms. The first-order valence-corrected chi connectivity index (χ1v) is 9.39. The Hall–Kier alpha value is -2.37. The summed E-state index contributed by atoms with van der Waals surface area (Å²) in [7, 11) is 2.08. The number of hydrogen-bond donors (Lipinski definition) is 0. The minimum absolute atomic E-state index is 0.154. The summed E-state index contributed by atoms with van der Waals surface area (Å²) < 4.78 is 14.0. The Morgan fingerprint density at radius 2 is 1.77 bits per heavy atom. The van der Waals surface area contributed by atoms with Crippen molar-refractivity contribution in [3.8, 4) is 0 Å². The zero-order chi connectivity index (χ0) is 18.5. The average molecular weight is 357 g/mol. The number of benzene rings is 1. The maximum atomic E-state index is 14.0. The number of halogens is 1. The molecule has 1 saturated heterocycles. The average Bonchev–Trinajstić information content (AvgIpc) is 2.66. The molecule has 3 rings (SSSR count). The van der Waals surface area contributed by atoms with Gasteiger partial charge in [0.15, 0.2) is 0 Å². The van der Waals surface area contributed by atoms with Crippen LogP contribution < -0.4 is 14.7 Å². The number of aryl methyl sites for hydroxylation is 1.